The highest BCUT2D eigenvalue weighted by Gasteiger charge is 2.19. The average Bonchev–Trinajstić information content (AvgIpc) is 3.15. The summed E-state index contributed by atoms with van der Waals surface area (Å²) in [6, 6.07) is 9.22. The van der Waals surface area contributed by atoms with E-state index < -0.39 is 5.91 Å². The van der Waals surface area contributed by atoms with Gasteiger partial charge in [0.25, 0.3) is 5.91 Å². The highest BCUT2D eigenvalue weighted by Crippen LogP contribution is 2.27. The van der Waals surface area contributed by atoms with Gasteiger partial charge >= 0.3 is 0 Å². The van der Waals surface area contributed by atoms with E-state index in [0.29, 0.717) is 30.3 Å². The molecule has 0 aliphatic carbocycles. The topological polar surface area (TPSA) is 142 Å². The molecule has 1 aliphatic rings. The Hall–Kier alpha value is -3.76. The van der Waals surface area contributed by atoms with Crippen molar-refractivity contribution in [3.8, 4) is 17.0 Å². The SMILES string of the molecule is CC(CN)Oc1ccc(-c2cnc(N)c(C(=O)Nc3cnccc3N3CCCOCC3)n2)cc1. The molecule has 34 heavy (non-hydrogen) atoms. The molecule has 0 spiro atoms. The molecule has 5 N–H and O–H groups in total. The monoisotopic (exact) mass is 463 g/mol. The number of aromatic nitrogens is 3. The van der Waals surface area contributed by atoms with Gasteiger partial charge in [0.2, 0.25) is 0 Å². The lowest BCUT2D eigenvalue weighted by atomic mass is 10.1. The summed E-state index contributed by atoms with van der Waals surface area (Å²) in [6.45, 7) is 5.24. The molecular weight excluding hydrogens is 434 g/mol. The van der Waals surface area contributed by atoms with E-state index >= 15 is 0 Å². The summed E-state index contributed by atoms with van der Waals surface area (Å²) in [7, 11) is 0. The van der Waals surface area contributed by atoms with Crippen molar-refractivity contribution in [1.82, 2.24) is 15.0 Å². The minimum absolute atomic E-state index is 0.0450. The van der Waals surface area contributed by atoms with Crippen LogP contribution in [0.5, 0.6) is 5.75 Å². The fourth-order valence-electron chi connectivity index (χ4n) is 3.62. The number of rotatable bonds is 7. The van der Waals surface area contributed by atoms with Gasteiger partial charge < -0.3 is 31.2 Å². The molecule has 0 saturated carbocycles. The first-order valence-corrected chi connectivity index (χ1v) is 11.2. The zero-order valence-electron chi connectivity index (χ0n) is 19.1. The second kappa shape index (κ2) is 10.9. The van der Waals surface area contributed by atoms with Gasteiger partial charge in [0, 0.05) is 38.0 Å². The molecule has 1 amide bonds. The van der Waals surface area contributed by atoms with Crippen LogP contribution in [0.2, 0.25) is 0 Å². The molecule has 1 unspecified atom stereocenters. The highest BCUT2D eigenvalue weighted by molar-refractivity contribution is 6.07. The van der Waals surface area contributed by atoms with Gasteiger partial charge in [-0.3, -0.25) is 9.78 Å². The molecule has 1 saturated heterocycles. The number of benzene rings is 1. The second-order valence-corrected chi connectivity index (χ2v) is 7.98. The molecule has 0 bridgehead atoms. The summed E-state index contributed by atoms with van der Waals surface area (Å²) in [4.78, 5) is 28.2. The van der Waals surface area contributed by atoms with Gasteiger partial charge in [-0.25, -0.2) is 9.97 Å². The van der Waals surface area contributed by atoms with E-state index in [9.17, 15) is 4.79 Å². The van der Waals surface area contributed by atoms with E-state index in [1.54, 1.807) is 12.4 Å². The van der Waals surface area contributed by atoms with E-state index in [2.05, 4.69) is 25.2 Å². The molecule has 1 aliphatic heterocycles. The van der Waals surface area contributed by atoms with Crippen LogP contribution in [0.15, 0.2) is 48.9 Å². The van der Waals surface area contributed by atoms with Crippen molar-refractivity contribution in [3.05, 3.63) is 54.6 Å². The Morgan fingerprint density at radius 1 is 1.21 bits per heavy atom. The van der Waals surface area contributed by atoms with Gasteiger partial charge in [-0.2, -0.15) is 0 Å². The molecular formula is C24H29N7O3. The second-order valence-electron chi connectivity index (χ2n) is 7.98. The molecule has 178 valence electrons. The van der Waals surface area contributed by atoms with Crippen molar-refractivity contribution in [2.24, 2.45) is 5.73 Å². The third-order valence-electron chi connectivity index (χ3n) is 5.44. The molecule has 4 rings (SSSR count). The van der Waals surface area contributed by atoms with E-state index in [4.69, 9.17) is 20.9 Å². The normalized spacial score (nSPS) is 14.8. The number of hydrogen-bond donors (Lipinski definition) is 3. The van der Waals surface area contributed by atoms with Gasteiger partial charge in [-0.1, -0.05) is 0 Å². The van der Waals surface area contributed by atoms with E-state index in [1.807, 2.05) is 37.3 Å². The largest absolute Gasteiger partial charge is 0.489 e. The Morgan fingerprint density at radius 3 is 2.82 bits per heavy atom. The number of pyridine rings is 1. The van der Waals surface area contributed by atoms with Crippen LogP contribution in [0.25, 0.3) is 11.3 Å². The number of amides is 1. The molecule has 0 radical (unpaired) electrons. The van der Waals surface area contributed by atoms with Gasteiger partial charge in [0.05, 0.1) is 36.1 Å². The minimum Gasteiger partial charge on any atom is -0.489 e. The fourth-order valence-corrected chi connectivity index (χ4v) is 3.62. The first-order chi connectivity index (χ1) is 16.5. The van der Waals surface area contributed by atoms with Gasteiger partial charge in [0.1, 0.15) is 11.9 Å². The molecule has 2 aromatic heterocycles. The van der Waals surface area contributed by atoms with Crippen molar-refractivity contribution in [3.63, 3.8) is 0 Å². The lowest BCUT2D eigenvalue weighted by molar-refractivity contribution is 0.102. The number of nitrogens with zero attached hydrogens (tertiary/aromatic N) is 4. The van der Waals surface area contributed by atoms with E-state index in [-0.39, 0.29) is 17.6 Å². The summed E-state index contributed by atoms with van der Waals surface area (Å²) in [5.74, 6) is 0.293. The van der Waals surface area contributed by atoms with Crippen LogP contribution in [0.4, 0.5) is 17.2 Å². The first-order valence-electron chi connectivity index (χ1n) is 11.2. The number of anilines is 3. The molecule has 1 aromatic carbocycles. The molecule has 10 heteroatoms. The number of ether oxygens (including phenoxy) is 2. The molecule has 10 nitrogen and oxygen atoms in total. The third-order valence-corrected chi connectivity index (χ3v) is 5.44. The van der Waals surface area contributed by atoms with Gasteiger partial charge in [-0.15, -0.1) is 0 Å². The summed E-state index contributed by atoms with van der Waals surface area (Å²) in [5.41, 5.74) is 14.4. The maximum Gasteiger partial charge on any atom is 0.278 e. The number of hydrogen-bond acceptors (Lipinski definition) is 9. The zero-order valence-corrected chi connectivity index (χ0v) is 19.1. The lowest BCUT2D eigenvalue weighted by Crippen LogP contribution is -2.27. The lowest BCUT2D eigenvalue weighted by Gasteiger charge is -2.24. The number of carbonyl (C=O) groups excluding carboxylic acids is 1. The van der Waals surface area contributed by atoms with Crippen LogP contribution in [0.3, 0.4) is 0 Å². The smallest absolute Gasteiger partial charge is 0.278 e. The maximum atomic E-state index is 13.1. The highest BCUT2D eigenvalue weighted by atomic mass is 16.5. The van der Waals surface area contributed by atoms with Crippen LogP contribution in [0, 0.1) is 0 Å². The summed E-state index contributed by atoms with van der Waals surface area (Å²) < 4.78 is 11.3. The van der Waals surface area contributed by atoms with Crippen molar-refractivity contribution in [1.29, 1.82) is 0 Å². The predicted octanol–water partition coefficient (Wildman–Crippen LogP) is 2.33. The minimum atomic E-state index is -0.455. The van der Waals surface area contributed by atoms with Gasteiger partial charge in [0.15, 0.2) is 11.5 Å². The van der Waals surface area contributed by atoms with Gasteiger partial charge in [-0.05, 0) is 43.7 Å². The number of nitrogen functional groups attached to an aromatic ring is 1. The summed E-state index contributed by atoms with van der Waals surface area (Å²) in [5, 5.41) is 2.90. The van der Waals surface area contributed by atoms with Crippen molar-refractivity contribution in [2.75, 3.05) is 48.8 Å². The van der Waals surface area contributed by atoms with E-state index in [1.165, 1.54) is 6.20 Å². The van der Waals surface area contributed by atoms with Crippen LogP contribution in [-0.4, -0.2) is 59.8 Å². The van der Waals surface area contributed by atoms with Crippen molar-refractivity contribution < 1.29 is 14.3 Å². The Kier molecular flexibility index (Phi) is 7.51. The first kappa shape index (κ1) is 23.4. The Morgan fingerprint density at radius 2 is 2.03 bits per heavy atom. The number of nitrogens with two attached hydrogens (primary N) is 2. The van der Waals surface area contributed by atoms with Crippen LogP contribution in [0.1, 0.15) is 23.8 Å². The van der Waals surface area contributed by atoms with Crippen molar-refractivity contribution in [2.45, 2.75) is 19.4 Å². The fraction of sp³-hybridized carbons (Fsp3) is 0.333. The average molecular weight is 464 g/mol. The Balaban J connectivity index is 1.54. The quantitative estimate of drug-likeness (QED) is 0.481. The third kappa shape index (κ3) is 5.59. The Bertz CT molecular complexity index is 1120. The summed E-state index contributed by atoms with van der Waals surface area (Å²) in [6.07, 6.45) is 5.68. The van der Waals surface area contributed by atoms with Crippen molar-refractivity contribution >= 4 is 23.1 Å². The van der Waals surface area contributed by atoms with Crippen LogP contribution in [-0.2, 0) is 4.74 Å². The zero-order chi connectivity index (χ0) is 23.9. The predicted molar refractivity (Wildman–Crippen MR) is 131 cm³/mol. The maximum absolute atomic E-state index is 13.1. The summed E-state index contributed by atoms with van der Waals surface area (Å²) >= 11 is 0. The number of nitrogens with one attached hydrogen (secondary N) is 1. The van der Waals surface area contributed by atoms with Crippen LogP contribution >= 0.6 is 0 Å². The number of carbonyl (C=O) groups is 1. The van der Waals surface area contributed by atoms with Crippen LogP contribution < -0.4 is 26.4 Å². The molecule has 1 fully saturated rings. The molecule has 1 atom stereocenters. The molecule has 3 heterocycles. The standard InChI is InChI=1S/C24H29N7O3/c1-16(13-25)34-18-5-3-17(4-6-18)19-15-28-23(26)22(29-19)24(32)30-20-14-27-8-7-21(20)31-9-2-11-33-12-10-31/h3-8,14-16H,2,9-13,25H2,1H3,(H2,26,28)(H,30,32). The van der Waals surface area contributed by atoms with E-state index in [0.717, 1.165) is 37.4 Å². The Labute approximate surface area is 198 Å². The molecule has 3 aromatic rings.